The second kappa shape index (κ2) is 11.1. The number of hydrogen-bond acceptors (Lipinski definition) is 4. The third kappa shape index (κ3) is 5.32. The Morgan fingerprint density at radius 3 is 1.78 bits per heavy atom. The molecule has 0 amide bonds. The summed E-state index contributed by atoms with van der Waals surface area (Å²) in [5, 5.41) is 11.4. The maximum absolute atomic E-state index is 13.0. The van der Waals surface area contributed by atoms with Crippen molar-refractivity contribution in [2.45, 2.75) is 38.8 Å². The summed E-state index contributed by atoms with van der Waals surface area (Å²) in [5.41, 5.74) is -0.802. The van der Waals surface area contributed by atoms with Crippen LogP contribution in [0.15, 0.2) is 60.7 Å². The maximum atomic E-state index is 13.0. The van der Waals surface area contributed by atoms with E-state index in [0.29, 0.717) is 11.1 Å². The van der Waals surface area contributed by atoms with Crippen LogP contribution in [0.3, 0.4) is 0 Å². The van der Waals surface area contributed by atoms with Gasteiger partial charge >= 0.3 is 5.97 Å². The Kier molecular flexibility index (Phi) is 9.50. The van der Waals surface area contributed by atoms with Crippen LogP contribution in [-0.4, -0.2) is 41.7 Å². The lowest BCUT2D eigenvalue weighted by atomic mass is 9.86. The molecule has 0 bridgehead atoms. The molecule has 1 unspecified atom stereocenters. The van der Waals surface area contributed by atoms with Gasteiger partial charge in [0.1, 0.15) is 6.61 Å². The van der Waals surface area contributed by atoms with Gasteiger partial charge in [0.05, 0.1) is 0 Å². The van der Waals surface area contributed by atoms with Crippen molar-refractivity contribution in [2.75, 3.05) is 19.7 Å². The van der Waals surface area contributed by atoms with Crippen LogP contribution in [0.2, 0.25) is 0 Å². The molecule has 0 heterocycles. The summed E-state index contributed by atoms with van der Waals surface area (Å²) in [6, 6.07) is 18.1. The average Bonchev–Trinajstić information content (AvgIpc) is 2.71. The molecule has 0 aliphatic rings. The Hall–Kier alpha value is -1.88. The Labute approximate surface area is 168 Å². The summed E-state index contributed by atoms with van der Waals surface area (Å²) >= 11 is 0. The van der Waals surface area contributed by atoms with Gasteiger partial charge in [-0.1, -0.05) is 81.4 Å². The summed E-state index contributed by atoms with van der Waals surface area (Å²) in [7, 11) is 0. The molecule has 0 radical (unpaired) electrons. The zero-order valence-corrected chi connectivity index (χ0v) is 17.1. The molecule has 0 aliphatic carbocycles. The van der Waals surface area contributed by atoms with Crippen molar-refractivity contribution in [1.82, 2.24) is 4.90 Å². The molecule has 148 valence electrons. The topological polar surface area (TPSA) is 49.8 Å². The number of rotatable bonds is 9. The number of carbonyl (C=O) groups excluding carboxylic acids is 1. The first-order chi connectivity index (χ1) is 12.6. The van der Waals surface area contributed by atoms with Crippen LogP contribution < -0.4 is 0 Å². The number of likely N-dealkylation sites (N-methyl/N-ethyl adjacent to an activating group) is 1. The first-order valence-electron chi connectivity index (χ1n) is 9.32. The highest BCUT2D eigenvalue weighted by Gasteiger charge is 2.41. The lowest BCUT2D eigenvalue weighted by molar-refractivity contribution is -0.164. The molecular weight excluding hydrogens is 362 g/mol. The molecule has 0 aliphatic heterocycles. The lowest BCUT2D eigenvalue weighted by Gasteiger charge is -2.31. The van der Waals surface area contributed by atoms with E-state index >= 15 is 0 Å². The average molecular weight is 392 g/mol. The molecule has 0 saturated heterocycles. The number of ether oxygens (including phenoxy) is 1. The monoisotopic (exact) mass is 391 g/mol. The Bertz CT molecular complexity index is 635. The highest BCUT2D eigenvalue weighted by atomic mass is 35.5. The van der Waals surface area contributed by atoms with Crippen molar-refractivity contribution in [2.24, 2.45) is 0 Å². The summed E-state index contributed by atoms with van der Waals surface area (Å²) in [6.45, 7) is 8.33. The minimum absolute atomic E-state index is 0. The summed E-state index contributed by atoms with van der Waals surface area (Å²) in [4.78, 5) is 15.3. The SMILES string of the molecule is CCC(COC(=O)C(O)(c1ccccc1)c1ccccc1)N(CC)CC.Cl. The molecule has 2 rings (SSSR count). The fourth-order valence-corrected chi connectivity index (χ4v) is 3.26. The highest BCUT2D eigenvalue weighted by molar-refractivity contribution is 5.85. The van der Waals surface area contributed by atoms with E-state index in [1.807, 2.05) is 12.1 Å². The number of esters is 1. The Morgan fingerprint density at radius 2 is 1.41 bits per heavy atom. The third-order valence-corrected chi connectivity index (χ3v) is 4.89. The predicted molar refractivity (Wildman–Crippen MR) is 111 cm³/mol. The number of carbonyl (C=O) groups is 1. The zero-order valence-electron chi connectivity index (χ0n) is 16.3. The zero-order chi connectivity index (χ0) is 19.0. The molecule has 2 aromatic rings. The molecule has 2 aromatic carbocycles. The van der Waals surface area contributed by atoms with Gasteiger partial charge in [-0.2, -0.15) is 0 Å². The van der Waals surface area contributed by atoms with Crippen LogP contribution in [0.4, 0.5) is 0 Å². The predicted octanol–water partition coefficient (Wildman–Crippen LogP) is 4.01. The van der Waals surface area contributed by atoms with Crippen LogP contribution >= 0.6 is 12.4 Å². The maximum Gasteiger partial charge on any atom is 0.347 e. The fourth-order valence-electron chi connectivity index (χ4n) is 3.26. The van der Waals surface area contributed by atoms with Crippen molar-refractivity contribution in [3.8, 4) is 0 Å². The molecular formula is C22H30ClNO3. The molecule has 1 atom stereocenters. The third-order valence-electron chi connectivity index (χ3n) is 4.89. The summed E-state index contributed by atoms with van der Waals surface area (Å²) in [6.07, 6.45) is 0.879. The van der Waals surface area contributed by atoms with Gasteiger partial charge in [-0.25, -0.2) is 4.79 Å². The minimum Gasteiger partial charge on any atom is -0.461 e. The van der Waals surface area contributed by atoms with Gasteiger partial charge in [0.15, 0.2) is 0 Å². The van der Waals surface area contributed by atoms with Crippen molar-refractivity contribution in [3.05, 3.63) is 71.8 Å². The van der Waals surface area contributed by atoms with Gasteiger partial charge in [-0.15, -0.1) is 12.4 Å². The molecule has 0 fully saturated rings. The van der Waals surface area contributed by atoms with Crippen LogP contribution in [0.25, 0.3) is 0 Å². The van der Waals surface area contributed by atoms with Gasteiger partial charge in [-0.05, 0) is 30.6 Å². The molecule has 4 nitrogen and oxygen atoms in total. The number of hydrogen-bond donors (Lipinski definition) is 1. The first kappa shape index (κ1) is 23.2. The van der Waals surface area contributed by atoms with E-state index in [2.05, 4.69) is 25.7 Å². The van der Waals surface area contributed by atoms with Crippen LogP contribution in [-0.2, 0) is 15.1 Å². The van der Waals surface area contributed by atoms with E-state index in [4.69, 9.17) is 4.74 Å². The molecule has 27 heavy (non-hydrogen) atoms. The Morgan fingerprint density at radius 1 is 0.963 bits per heavy atom. The van der Waals surface area contributed by atoms with Crippen LogP contribution in [0.5, 0.6) is 0 Å². The standard InChI is InChI=1S/C22H29NO3.ClH/c1-4-20(23(5-2)6-3)17-26-21(24)22(25,18-13-9-7-10-14-18)19-15-11-8-12-16-19;/h7-16,20,25H,4-6,17H2,1-3H3;1H. The van der Waals surface area contributed by atoms with Crippen molar-refractivity contribution in [1.29, 1.82) is 0 Å². The number of aliphatic hydroxyl groups is 1. The van der Waals surface area contributed by atoms with E-state index in [9.17, 15) is 9.90 Å². The highest BCUT2D eigenvalue weighted by Crippen LogP contribution is 2.31. The lowest BCUT2D eigenvalue weighted by Crippen LogP contribution is -2.43. The Balaban J connectivity index is 0.00000364. The smallest absolute Gasteiger partial charge is 0.347 e. The van der Waals surface area contributed by atoms with Crippen molar-refractivity contribution < 1.29 is 14.6 Å². The second-order valence-corrected chi connectivity index (χ2v) is 6.32. The van der Waals surface area contributed by atoms with E-state index in [1.165, 1.54) is 0 Å². The number of benzene rings is 2. The van der Waals surface area contributed by atoms with E-state index in [1.54, 1.807) is 48.5 Å². The summed E-state index contributed by atoms with van der Waals surface area (Å²) < 4.78 is 5.62. The number of halogens is 1. The molecule has 0 spiro atoms. The first-order valence-corrected chi connectivity index (χ1v) is 9.32. The van der Waals surface area contributed by atoms with Gasteiger partial charge in [0.25, 0.3) is 0 Å². The number of nitrogens with zero attached hydrogens (tertiary/aromatic N) is 1. The molecule has 0 aromatic heterocycles. The van der Waals surface area contributed by atoms with E-state index < -0.39 is 11.6 Å². The molecule has 1 N–H and O–H groups in total. The van der Waals surface area contributed by atoms with Gasteiger partial charge in [-0.3, -0.25) is 4.90 Å². The quantitative estimate of drug-likeness (QED) is 0.656. The van der Waals surface area contributed by atoms with E-state index in [-0.39, 0.29) is 25.1 Å². The molecule has 5 heteroatoms. The summed E-state index contributed by atoms with van der Waals surface area (Å²) in [5.74, 6) is -0.638. The second-order valence-electron chi connectivity index (χ2n) is 6.32. The van der Waals surface area contributed by atoms with Gasteiger partial charge in [0.2, 0.25) is 5.60 Å². The van der Waals surface area contributed by atoms with Crippen LogP contribution in [0.1, 0.15) is 38.3 Å². The minimum atomic E-state index is -1.82. The van der Waals surface area contributed by atoms with Gasteiger partial charge in [0, 0.05) is 6.04 Å². The molecule has 0 saturated carbocycles. The van der Waals surface area contributed by atoms with Crippen LogP contribution in [0, 0.1) is 0 Å². The van der Waals surface area contributed by atoms with E-state index in [0.717, 1.165) is 19.5 Å². The normalized spacial score (nSPS) is 12.3. The fraction of sp³-hybridized carbons (Fsp3) is 0.409. The van der Waals surface area contributed by atoms with Crippen molar-refractivity contribution >= 4 is 18.4 Å². The van der Waals surface area contributed by atoms with Crippen molar-refractivity contribution in [3.63, 3.8) is 0 Å². The van der Waals surface area contributed by atoms with Gasteiger partial charge < -0.3 is 9.84 Å². The largest absolute Gasteiger partial charge is 0.461 e.